The van der Waals surface area contributed by atoms with Crippen molar-refractivity contribution in [2.75, 3.05) is 17.6 Å². The fourth-order valence-corrected chi connectivity index (χ4v) is 2.88. The van der Waals surface area contributed by atoms with Crippen LogP contribution in [0.1, 0.15) is 44.6 Å². The first-order valence-electron chi connectivity index (χ1n) is 7.35. The van der Waals surface area contributed by atoms with Gasteiger partial charge in [0.25, 0.3) is 0 Å². The van der Waals surface area contributed by atoms with Gasteiger partial charge in [0.15, 0.2) is 0 Å². The van der Waals surface area contributed by atoms with Crippen LogP contribution in [-0.2, 0) is 0 Å². The molecule has 0 spiro atoms. The molecule has 0 heterocycles. The van der Waals surface area contributed by atoms with E-state index in [2.05, 4.69) is 12.2 Å². The monoisotopic (exact) mass is 264 g/mol. The molecule has 1 fully saturated rings. The van der Waals surface area contributed by atoms with Gasteiger partial charge in [-0.25, -0.2) is 4.39 Å². The van der Waals surface area contributed by atoms with E-state index in [4.69, 9.17) is 5.73 Å². The number of nitrogens with two attached hydrogens (primary N) is 1. The largest absolute Gasteiger partial charge is 0.397 e. The van der Waals surface area contributed by atoms with Crippen LogP contribution < -0.4 is 11.1 Å². The maximum absolute atomic E-state index is 13.3. The molecule has 0 atom stereocenters. The quantitative estimate of drug-likeness (QED) is 0.794. The van der Waals surface area contributed by atoms with Gasteiger partial charge in [-0.2, -0.15) is 0 Å². The number of hydrogen-bond acceptors (Lipinski definition) is 2. The van der Waals surface area contributed by atoms with Crippen molar-refractivity contribution in [3.05, 3.63) is 23.5 Å². The van der Waals surface area contributed by atoms with E-state index < -0.39 is 0 Å². The summed E-state index contributed by atoms with van der Waals surface area (Å²) in [5.74, 6) is 1.51. The van der Waals surface area contributed by atoms with Crippen molar-refractivity contribution in [2.24, 2.45) is 11.8 Å². The van der Waals surface area contributed by atoms with Crippen LogP contribution in [0.4, 0.5) is 15.8 Å². The van der Waals surface area contributed by atoms with Gasteiger partial charge in [-0.1, -0.05) is 32.6 Å². The van der Waals surface area contributed by atoms with E-state index in [1.165, 1.54) is 38.2 Å². The molecule has 3 N–H and O–H groups in total. The minimum absolute atomic E-state index is 0.232. The molecule has 1 aliphatic rings. The average Bonchev–Trinajstić information content (AvgIpc) is 2.38. The average molecular weight is 264 g/mol. The van der Waals surface area contributed by atoms with Crippen LogP contribution in [-0.4, -0.2) is 6.54 Å². The lowest BCUT2D eigenvalue weighted by atomic mass is 9.81. The van der Waals surface area contributed by atoms with Crippen LogP contribution in [0.15, 0.2) is 12.1 Å². The SMILES string of the molecule is Cc1cc(NCCC2CCC(C)CC2)c(N)cc1F. The molecule has 3 heteroatoms. The van der Waals surface area contributed by atoms with Gasteiger partial charge in [0.1, 0.15) is 5.82 Å². The Balaban J connectivity index is 1.81. The Labute approximate surface area is 115 Å². The van der Waals surface area contributed by atoms with Gasteiger partial charge in [-0.15, -0.1) is 0 Å². The Bertz CT molecular complexity index is 423. The zero-order chi connectivity index (χ0) is 13.8. The highest BCUT2D eigenvalue weighted by molar-refractivity contribution is 5.67. The number of aryl methyl sites for hydroxylation is 1. The summed E-state index contributed by atoms with van der Waals surface area (Å²) >= 11 is 0. The van der Waals surface area contributed by atoms with Crippen molar-refractivity contribution >= 4 is 11.4 Å². The minimum atomic E-state index is -0.232. The first kappa shape index (κ1) is 14.2. The molecular formula is C16H25FN2. The molecule has 0 unspecified atom stereocenters. The number of nitrogen functional groups attached to an aromatic ring is 1. The summed E-state index contributed by atoms with van der Waals surface area (Å²) in [7, 11) is 0. The molecule has 1 aromatic carbocycles. The Morgan fingerprint density at radius 3 is 2.63 bits per heavy atom. The second-order valence-electron chi connectivity index (χ2n) is 6.03. The lowest BCUT2D eigenvalue weighted by Crippen LogP contribution is -2.16. The van der Waals surface area contributed by atoms with Gasteiger partial charge in [0.2, 0.25) is 0 Å². The van der Waals surface area contributed by atoms with E-state index in [1.54, 1.807) is 13.0 Å². The Morgan fingerprint density at radius 1 is 1.26 bits per heavy atom. The molecule has 19 heavy (non-hydrogen) atoms. The van der Waals surface area contributed by atoms with E-state index in [9.17, 15) is 4.39 Å². The van der Waals surface area contributed by atoms with Crippen LogP contribution >= 0.6 is 0 Å². The number of anilines is 2. The first-order valence-corrected chi connectivity index (χ1v) is 7.35. The fraction of sp³-hybridized carbons (Fsp3) is 0.625. The van der Waals surface area contributed by atoms with E-state index in [0.29, 0.717) is 11.3 Å². The Kier molecular flexibility index (Phi) is 4.67. The summed E-state index contributed by atoms with van der Waals surface area (Å²) in [5.41, 5.74) is 7.83. The maximum Gasteiger partial charge on any atom is 0.128 e. The zero-order valence-electron chi connectivity index (χ0n) is 12.0. The second-order valence-corrected chi connectivity index (χ2v) is 6.03. The molecular weight excluding hydrogens is 239 g/mol. The summed E-state index contributed by atoms with van der Waals surface area (Å²) in [4.78, 5) is 0. The smallest absolute Gasteiger partial charge is 0.128 e. The third-order valence-electron chi connectivity index (χ3n) is 4.33. The topological polar surface area (TPSA) is 38.0 Å². The molecule has 0 aliphatic heterocycles. The van der Waals surface area contributed by atoms with Crippen molar-refractivity contribution in [1.29, 1.82) is 0 Å². The lowest BCUT2D eigenvalue weighted by molar-refractivity contribution is 0.282. The van der Waals surface area contributed by atoms with Crippen molar-refractivity contribution in [3.8, 4) is 0 Å². The van der Waals surface area contributed by atoms with Crippen molar-refractivity contribution < 1.29 is 4.39 Å². The molecule has 1 aliphatic carbocycles. The molecule has 0 radical (unpaired) electrons. The predicted octanol–water partition coefficient (Wildman–Crippen LogP) is 4.34. The summed E-state index contributed by atoms with van der Waals surface area (Å²) in [6.07, 6.45) is 6.61. The molecule has 0 saturated heterocycles. The van der Waals surface area contributed by atoms with Gasteiger partial charge >= 0.3 is 0 Å². The normalized spacial score (nSPS) is 23.3. The summed E-state index contributed by atoms with van der Waals surface area (Å²) in [5, 5.41) is 3.35. The highest BCUT2D eigenvalue weighted by Gasteiger charge is 2.17. The number of hydrogen-bond donors (Lipinski definition) is 2. The van der Waals surface area contributed by atoms with Crippen molar-refractivity contribution in [3.63, 3.8) is 0 Å². The number of rotatable bonds is 4. The second kappa shape index (κ2) is 6.27. The van der Waals surface area contributed by atoms with Crippen LogP contribution in [0.2, 0.25) is 0 Å². The third kappa shape index (κ3) is 3.85. The standard InChI is InChI=1S/C16H25FN2/c1-11-3-5-13(6-4-11)7-8-19-16-9-12(2)14(17)10-15(16)18/h9-11,13,19H,3-8,18H2,1-2H3. The molecule has 0 amide bonds. The predicted molar refractivity (Wildman–Crippen MR) is 79.8 cm³/mol. The zero-order valence-corrected chi connectivity index (χ0v) is 12.0. The van der Waals surface area contributed by atoms with Crippen LogP contribution in [0.3, 0.4) is 0 Å². The van der Waals surface area contributed by atoms with E-state index in [-0.39, 0.29) is 5.82 Å². The first-order chi connectivity index (χ1) is 9.06. The maximum atomic E-state index is 13.3. The Hall–Kier alpha value is -1.25. The summed E-state index contributed by atoms with van der Waals surface area (Å²) < 4.78 is 13.3. The third-order valence-corrected chi connectivity index (χ3v) is 4.33. The fourth-order valence-electron chi connectivity index (χ4n) is 2.88. The molecule has 106 valence electrons. The van der Waals surface area contributed by atoms with Crippen molar-refractivity contribution in [2.45, 2.75) is 46.0 Å². The Morgan fingerprint density at radius 2 is 1.95 bits per heavy atom. The van der Waals surface area contributed by atoms with Gasteiger partial charge in [-0.05, 0) is 42.9 Å². The molecule has 1 aromatic rings. The van der Waals surface area contributed by atoms with Crippen molar-refractivity contribution in [1.82, 2.24) is 0 Å². The highest BCUT2D eigenvalue weighted by atomic mass is 19.1. The molecule has 2 rings (SSSR count). The molecule has 2 nitrogen and oxygen atoms in total. The van der Waals surface area contributed by atoms with Gasteiger partial charge in [0, 0.05) is 6.54 Å². The molecule has 0 aromatic heterocycles. The highest BCUT2D eigenvalue weighted by Crippen LogP contribution is 2.30. The summed E-state index contributed by atoms with van der Waals surface area (Å²) in [6.45, 7) is 5.03. The van der Waals surface area contributed by atoms with Gasteiger partial charge < -0.3 is 11.1 Å². The number of halogens is 1. The number of benzene rings is 1. The van der Waals surface area contributed by atoms with Gasteiger partial charge in [-0.3, -0.25) is 0 Å². The van der Waals surface area contributed by atoms with Gasteiger partial charge in [0.05, 0.1) is 11.4 Å². The van der Waals surface area contributed by atoms with Crippen LogP contribution in [0.25, 0.3) is 0 Å². The van der Waals surface area contributed by atoms with Crippen LogP contribution in [0.5, 0.6) is 0 Å². The van der Waals surface area contributed by atoms with E-state index >= 15 is 0 Å². The molecule has 1 saturated carbocycles. The number of nitrogens with one attached hydrogen (secondary N) is 1. The lowest BCUT2D eigenvalue weighted by Gasteiger charge is -2.26. The minimum Gasteiger partial charge on any atom is -0.397 e. The summed E-state index contributed by atoms with van der Waals surface area (Å²) in [6, 6.07) is 3.20. The molecule has 0 bridgehead atoms. The van der Waals surface area contributed by atoms with E-state index in [1.807, 2.05) is 0 Å². The van der Waals surface area contributed by atoms with E-state index in [0.717, 1.165) is 24.1 Å². The van der Waals surface area contributed by atoms with Crippen LogP contribution in [0, 0.1) is 24.6 Å².